The maximum atomic E-state index is 9.40. The standard InChI is InChI=1S/C15H23NO3/c1-3-9-19-14-8-6-5-7-13(14)10-16-15(4-2,11-17)12-18/h3,5-8,16-18H,1,4,9-12H2,2H3. The molecule has 1 rings (SSSR count). The predicted molar refractivity (Wildman–Crippen MR) is 76.2 cm³/mol. The van der Waals surface area contributed by atoms with Gasteiger partial charge in [0.25, 0.3) is 0 Å². The molecule has 1 aromatic rings. The molecule has 0 unspecified atom stereocenters. The molecule has 0 spiro atoms. The maximum absolute atomic E-state index is 9.40. The van der Waals surface area contributed by atoms with Crippen LogP contribution >= 0.6 is 0 Å². The van der Waals surface area contributed by atoms with Gasteiger partial charge >= 0.3 is 0 Å². The summed E-state index contributed by atoms with van der Waals surface area (Å²) in [5.74, 6) is 0.788. The number of benzene rings is 1. The van der Waals surface area contributed by atoms with E-state index >= 15 is 0 Å². The highest BCUT2D eigenvalue weighted by Gasteiger charge is 2.25. The molecule has 0 fully saturated rings. The zero-order valence-electron chi connectivity index (χ0n) is 11.4. The second-order valence-electron chi connectivity index (χ2n) is 4.51. The largest absolute Gasteiger partial charge is 0.489 e. The van der Waals surface area contributed by atoms with Gasteiger partial charge in [0.2, 0.25) is 0 Å². The van der Waals surface area contributed by atoms with Gasteiger partial charge in [-0.05, 0) is 12.5 Å². The summed E-state index contributed by atoms with van der Waals surface area (Å²) in [5.41, 5.74) is 0.343. The quantitative estimate of drug-likeness (QED) is 0.592. The van der Waals surface area contributed by atoms with Crippen LogP contribution in [-0.4, -0.2) is 35.6 Å². The minimum Gasteiger partial charge on any atom is -0.489 e. The molecule has 0 atom stereocenters. The first kappa shape index (κ1) is 15.7. The molecule has 4 nitrogen and oxygen atoms in total. The Morgan fingerprint density at radius 1 is 1.32 bits per heavy atom. The average Bonchev–Trinajstić information content (AvgIpc) is 2.48. The van der Waals surface area contributed by atoms with Gasteiger partial charge in [-0.15, -0.1) is 0 Å². The van der Waals surface area contributed by atoms with Crippen molar-refractivity contribution in [2.45, 2.75) is 25.4 Å². The second-order valence-corrected chi connectivity index (χ2v) is 4.51. The van der Waals surface area contributed by atoms with Gasteiger partial charge in [0.15, 0.2) is 0 Å². The normalized spacial score (nSPS) is 11.3. The SMILES string of the molecule is C=CCOc1ccccc1CNC(CC)(CO)CO. The van der Waals surface area contributed by atoms with Crippen LogP contribution in [0.4, 0.5) is 0 Å². The van der Waals surface area contributed by atoms with Gasteiger partial charge < -0.3 is 20.3 Å². The van der Waals surface area contributed by atoms with E-state index < -0.39 is 5.54 Å². The number of nitrogens with one attached hydrogen (secondary N) is 1. The van der Waals surface area contributed by atoms with Gasteiger partial charge in [-0.1, -0.05) is 37.8 Å². The average molecular weight is 265 g/mol. The lowest BCUT2D eigenvalue weighted by molar-refractivity contribution is 0.0862. The molecule has 1 aromatic carbocycles. The Morgan fingerprint density at radius 2 is 2.00 bits per heavy atom. The van der Waals surface area contributed by atoms with E-state index in [1.54, 1.807) is 6.08 Å². The van der Waals surface area contributed by atoms with Crippen molar-refractivity contribution in [1.82, 2.24) is 5.32 Å². The number of para-hydroxylation sites is 1. The van der Waals surface area contributed by atoms with Crippen molar-refractivity contribution >= 4 is 0 Å². The van der Waals surface area contributed by atoms with E-state index in [4.69, 9.17) is 4.74 Å². The highest BCUT2D eigenvalue weighted by atomic mass is 16.5. The molecule has 0 saturated carbocycles. The molecule has 0 saturated heterocycles. The highest BCUT2D eigenvalue weighted by molar-refractivity contribution is 5.33. The summed E-state index contributed by atoms with van der Waals surface area (Å²) in [7, 11) is 0. The van der Waals surface area contributed by atoms with Crippen LogP contribution in [0, 0.1) is 0 Å². The first-order valence-electron chi connectivity index (χ1n) is 6.49. The van der Waals surface area contributed by atoms with E-state index in [0.717, 1.165) is 11.3 Å². The number of rotatable bonds is 9. The molecule has 0 heterocycles. The Labute approximate surface area is 114 Å². The summed E-state index contributed by atoms with van der Waals surface area (Å²) in [5, 5.41) is 22.0. The summed E-state index contributed by atoms with van der Waals surface area (Å²) in [6, 6.07) is 7.70. The molecule has 0 bridgehead atoms. The summed E-state index contributed by atoms with van der Waals surface area (Å²) in [4.78, 5) is 0. The minimum atomic E-state index is -0.647. The predicted octanol–water partition coefficient (Wildman–Crippen LogP) is 1.47. The fraction of sp³-hybridized carbons (Fsp3) is 0.467. The van der Waals surface area contributed by atoms with Crippen LogP contribution in [0.15, 0.2) is 36.9 Å². The summed E-state index contributed by atoms with van der Waals surface area (Å²) >= 11 is 0. The van der Waals surface area contributed by atoms with Crippen LogP contribution < -0.4 is 10.1 Å². The van der Waals surface area contributed by atoms with Crippen LogP contribution in [0.5, 0.6) is 5.75 Å². The molecule has 19 heavy (non-hydrogen) atoms. The number of ether oxygens (including phenoxy) is 1. The minimum absolute atomic E-state index is 0.102. The topological polar surface area (TPSA) is 61.7 Å². The van der Waals surface area contributed by atoms with Crippen molar-refractivity contribution in [1.29, 1.82) is 0 Å². The molecule has 3 N–H and O–H groups in total. The number of aliphatic hydroxyl groups is 2. The van der Waals surface area contributed by atoms with E-state index in [1.165, 1.54) is 0 Å². The lowest BCUT2D eigenvalue weighted by Crippen LogP contribution is -2.50. The van der Waals surface area contributed by atoms with Gasteiger partial charge in [0.1, 0.15) is 12.4 Å². The van der Waals surface area contributed by atoms with Gasteiger partial charge in [0, 0.05) is 12.1 Å². The van der Waals surface area contributed by atoms with Crippen LogP contribution in [-0.2, 0) is 6.54 Å². The van der Waals surface area contributed by atoms with Gasteiger partial charge in [-0.2, -0.15) is 0 Å². The molecule has 0 radical (unpaired) electrons. The third kappa shape index (κ3) is 4.35. The molecule has 0 amide bonds. The van der Waals surface area contributed by atoms with Crippen molar-refractivity contribution in [2.24, 2.45) is 0 Å². The molecule has 0 aromatic heterocycles. The molecule has 0 aliphatic carbocycles. The molecule has 4 heteroatoms. The molecule has 106 valence electrons. The third-order valence-corrected chi connectivity index (χ3v) is 3.27. The lowest BCUT2D eigenvalue weighted by Gasteiger charge is -2.30. The van der Waals surface area contributed by atoms with Crippen LogP contribution in [0.2, 0.25) is 0 Å². The van der Waals surface area contributed by atoms with E-state index in [0.29, 0.717) is 19.6 Å². The number of aliphatic hydroxyl groups excluding tert-OH is 2. The zero-order valence-corrected chi connectivity index (χ0v) is 11.4. The summed E-state index contributed by atoms with van der Waals surface area (Å²) in [6.07, 6.45) is 2.34. The van der Waals surface area contributed by atoms with Crippen molar-refractivity contribution in [2.75, 3.05) is 19.8 Å². The van der Waals surface area contributed by atoms with Crippen molar-refractivity contribution in [3.05, 3.63) is 42.5 Å². The van der Waals surface area contributed by atoms with E-state index in [1.807, 2.05) is 31.2 Å². The Bertz CT molecular complexity index is 380. The molecule has 0 aliphatic rings. The maximum Gasteiger partial charge on any atom is 0.124 e. The first-order valence-corrected chi connectivity index (χ1v) is 6.49. The van der Waals surface area contributed by atoms with Crippen LogP contribution in [0.3, 0.4) is 0 Å². The van der Waals surface area contributed by atoms with E-state index in [-0.39, 0.29) is 13.2 Å². The Balaban J connectivity index is 2.73. The molecular weight excluding hydrogens is 242 g/mol. The first-order chi connectivity index (χ1) is 9.21. The second kappa shape index (κ2) is 7.94. The highest BCUT2D eigenvalue weighted by Crippen LogP contribution is 2.19. The van der Waals surface area contributed by atoms with Gasteiger partial charge in [-0.25, -0.2) is 0 Å². The van der Waals surface area contributed by atoms with Gasteiger partial charge in [-0.3, -0.25) is 0 Å². The van der Waals surface area contributed by atoms with Crippen LogP contribution in [0.25, 0.3) is 0 Å². The summed E-state index contributed by atoms with van der Waals surface area (Å²) in [6.45, 7) is 6.34. The smallest absolute Gasteiger partial charge is 0.124 e. The van der Waals surface area contributed by atoms with E-state index in [9.17, 15) is 10.2 Å². The number of hydrogen-bond donors (Lipinski definition) is 3. The van der Waals surface area contributed by atoms with Crippen molar-refractivity contribution < 1.29 is 14.9 Å². The Kier molecular flexibility index (Phi) is 6.56. The third-order valence-electron chi connectivity index (χ3n) is 3.27. The lowest BCUT2D eigenvalue weighted by atomic mass is 9.98. The van der Waals surface area contributed by atoms with E-state index in [2.05, 4.69) is 11.9 Å². The monoisotopic (exact) mass is 265 g/mol. The van der Waals surface area contributed by atoms with Gasteiger partial charge in [0.05, 0.1) is 18.8 Å². The van der Waals surface area contributed by atoms with Crippen LogP contribution in [0.1, 0.15) is 18.9 Å². The Hall–Kier alpha value is -1.36. The zero-order chi connectivity index (χ0) is 14.1. The molecule has 0 aliphatic heterocycles. The fourth-order valence-corrected chi connectivity index (χ4v) is 1.73. The molecular formula is C15H23NO3. The van der Waals surface area contributed by atoms with Crippen molar-refractivity contribution in [3.8, 4) is 5.75 Å². The Morgan fingerprint density at radius 3 is 2.58 bits per heavy atom. The summed E-state index contributed by atoms with van der Waals surface area (Å²) < 4.78 is 5.57. The number of hydrogen-bond acceptors (Lipinski definition) is 4. The fourth-order valence-electron chi connectivity index (χ4n) is 1.73. The van der Waals surface area contributed by atoms with Crippen molar-refractivity contribution in [3.63, 3.8) is 0 Å².